The van der Waals surface area contributed by atoms with E-state index in [2.05, 4.69) is 5.32 Å². The van der Waals surface area contributed by atoms with Gasteiger partial charge in [-0.1, -0.05) is 34.8 Å². The molecule has 8 heteroatoms. The lowest BCUT2D eigenvalue weighted by Crippen LogP contribution is -2.39. The van der Waals surface area contributed by atoms with Crippen molar-refractivity contribution in [2.45, 2.75) is 35.5 Å². The second-order valence-electron chi connectivity index (χ2n) is 4.19. The highest BCUT2D eigenvalue weighted by molar-refractivity contribution is 6.67. The molecule has 0 aromatic rings. The maximum atomic E-state index is 11.4. The van der Waals surface area contributed by atoms with Gasteiger partial charge in [-0.2, -0.15) is 0 Å². The molecule has 0 aromatic heterocycles. The van der Waals surface area contributed by atoms with Crippen molar-refractivity contribution in [3.8, 4) is 0 Å². The molecule has 0 radical (unpaired) electrons. The Morgan fingerprint density at radius 3 is 2.17 bits per heavy atom. The summed E-state index contributed by atoms with van der Waals surface area (Å²) in [5, 5.41) is 2.35. The van der Waals surface area contributed by atoms with Gasteiger partial charge in [-0.3, -0.25) is 4.79 Å². The average molecular weight is 337 g/mol. The standard InChI is InChI=1S/C10H13Cl4NO3/c11-8(16)6-1-3-7(4-2-6)15-9(17)18-5-10(12,13)14/h6-7H,1-5H2,(H,15,17)/t6-,7-. The molecule has 4 nitrogen and oxygen atoms in total. The Bertz CT molecular complexity index is 311. The van der Waals surface area contributed by atoms with Crippen molar-refractivity contribution in [3.63, 3.8) is 0 Å². The van der Waals surface area contributed by atoms with E-state index in [1.54, 1.807) is 0 Å². The van der Waals surface area contributed by atoms with E-state index in [0.29, 0.717) is 25.7 Å². The van der Waals surface area contributed by atoms with Crippen LogP contribution < -0.4 is 5.32 Å². The number of rotatable bonds is 3. The van der Waals surface area contributed by atoms with Gasteiger partial charge < -0.3 is 10.1 Å². The highest BCUT2D eigenvalue weighted by Gasteiger charge is 2.27. The molecule has 18 heavy (non-hydrogen) atoms. The minimum Gasteiger partial charge on any atom is -0.445 e. The van der Waals surface area contributed by atoms with Gasteiger partial charge >= 0.3 is 6.09 Å². The van der Waals surface area contributed by atoms with Crippen molar-refractivity contribution in [2.24, 2.45) is 5.92 Å². The molecule has 104 valence electrons. The van der Waals surface area contributed by atoms with Gasteiger partial charge in [0.1, 0.15) is 6.61 Å². The van der Waals surface area contributed by atoms with Crippen LogP contribution in [0.15, 0.2) is 0 Å². The molecule has 0 atom stereocenters. The van der Waals surface area contributed by atoms with Gasteiger partial charge in [-0.25, -0.2) is 4.79 Å². The minimum absolute atomic E-state index is 0.0276. The van der Waals surface area contributed by atoms with Crippen molar-refractivity contribution in [3.05, 3.63) is 0 Å². The van der Waals surface area contributed by atoms with Crippen LogP contribution in [0.1, 0.15) is 25.7 Å². The quantitative estimate of drug-likeness (QED) is 0.634. The van der Waals surface area contributed by atoms with Gasteiger partial charge in [0.2, 0.25) is 9.03 Å². The fourth-order valence-corrected chi connectivity index (χ4v) is 2.20. The number of carbonyl (C=O) groups is 2. The number of amides is 1. The highest BCUT2D eigenvalue weighted by atomic mass is 35.6. The lowest BCUT2D eigenvalue weighted by molar-refractivity contribution is -0.116. The van der Waals surface area contributed by atoms with Crippen molar-refractivity contribution in [1.29, 1.82) is 0 Å². The van der Waals surface area contributed by atoms with Crippen molar-refractivity contribution >= 4 is 57.7 Å². The van der Waals surface area contributed by atoms with E-state index in [-0.39, 0.29) is 23.8 Å². The van der Waals surface area contributed by atoms with E-state index < -0.39 is 9.89 Å². The summed E-state index contributed by atoms with van der Waals surface area (Å²) >= 11 is 21.8. The molecule has 1 saturated carbocycles. The molecule has 1 aliphatic carbocycles. The Kier molecular flexibility index (Phi) is 6.31. The Morgan fingerprint density at radius 1 is 1.17 bits per heavy atom. The summed E-state index contributed by atoms with van der Waals surface area (Å²) in [6.45, 7) is -0.307. The fourth-order valence-electron chi connectivity index (χ4n) is 1.82. The number of ether oxygens (including phenoxy) is 1. The van der Waals surface area contributed by atoms with Crippen LogP contribution in [0, 0.1) is 5.92 Å². The molecular weight excluding hydrogens is 324 g/mol. The minimum atomic E-state index is -1.61. The predicted octanol–water partition coefficient (Wildman–Crippen LogP) is 3.41. The Morgan fingerprint density at radius 2 is 1.72 bits per heavy atom. The molecule has 1 rings (SSSR count). The third kappa shape index (κ3) is 6.32. The predicted molar refractivity (Wildman–Crippen MR) is 71.4 cm³/mol. The SMILES string of the molecule is O=C(N[C@H]1CC[C@H](C(=O)Cl)CC1)OCC(Cl)(Cl)Cl. The summed E-state index contributed by atoms with van der Waals surface area (Å²) in [7, 11) is 0. The molecule has 1 N–H and O–H groups in total. The summed E-state index contributed by atoms with van der Waals surface area (Å²) in [6, 6.07) is -0.0276. The second kappa shape index (κ2) is 7.04. The largest absolute Gasteiger partial charge is 0.445 e. The first-order chi connectivity index (χ1) is 8.28. The molecule has 0 aliphatic heterocycles. The summed E-state index contributed by atoms with van der Waals surface area (Å²) in [5.41, 5.74) is 0. The Labute approximate surface area is 125 Å². The van der Waals surface area contributed by atoms with Crippen LogP contribution in [-0.4, -0.2) is 27.8 Å². The number of alkyl halides is 3. The third-order valence-corrected chi connectivity index (χ3v) is 3.37. The van der Waals surface area contributed by atoms with E-state index in [0.717, 1.165) is 0 Å². The number of nitrogens with one attached hydrogen (secondary N) is 1. The second-order valence-corrected chi connectivity index (χ2v) is 7.08. The van der Waals surface area contributed by atoms with Gasteiger partial charge in [-0.15, -0.1) is 0 Å². The van der Waals surface area contributed by atoms with Gasteiger partial charge in [0.25, 0.3) is 0 Å². The van der Waals surface area contributed by atoms with E-state index in [4.69, 9.17) is 51.1 Å². The molecule has 0 aromatic carbocycles. The van der Waals surface area contributed by atoms with Gasteiger partial charge in [0.15, 0.2) is 0 Å². The van der Waals surface area contributed by atoms with E-state index in [1.165, 1.54) is 0 Å². The van der Waals surface area contributed by atoms with Gasteiger partial charge in [0, 0.05) is 12.0 Å². The molecule has 0 heterocycles. The van der Waals surface area contributed by atoms with E-state index >= 15 is 0 Å². The van der Waals surface area contributed by atoms with Gasteiger partial charge in [0.05, 0.1) is 0 Å². The number of hydrogen-bond acceptors (Lipinski definition) is 3. The number of carbonyl (C=O) groups excluding carboxylic acids is 2. The Hall–Kier alpha value is 0.1000. The zero-order valence-electron chi connectivity index (χ0n) is 9.43. The highest BCUT2D eigenvalue weighted by Crippen LogP contribution is 2.27. The summed E-state index contributed by atoms with van der Waals surface area (Å²) in [5.74, 6) is -0.109. The van der Waals surface area contributed by atoms with E-state index in [9.17, 15) is 9.59 Å². The molecule has 0 unspecified atom stereocenters. The van der Waals surface area contributed by atoms with Crippen LogP contribution in [0.4, 0.5) is 4.79 Å². The number of hydrogen-bond donors (Lipinski definition) is 1. The molecular formula is C10H13Cl4NO3. The first-order valence-electron chi connectivity index (χ1n) is 5.47. The molecule has 1 fully saturated rings. The summed E-state index contributed by atoms with van der Waals surface area (Å²) in [6.07, 6.45) is 2.08. The maximum Gasteiger partial charge on any atom is 0.407 e. The lowest BCUT2D eigenvalue weighted by atomic mass is 9.87. The van der Waals surface area contributed by atoms with Crippen LogP contribution in [0.3, 0.4) is 0 Å². The normalized spacial score (nSPS) is 24.4. The van der Waals surface area contributed by atoms with Crippen molar-refractivity contribution in [1.82, 2.24) is 5.32 Å². The first-order valence-corrected chi connectivity index (χ1v) is 6.98. The smallest absolute Gasteiger partial charge is 0.407 e. The topological polar surface area (TPSA) is 55.4 Å². The monoisotopic (exact) mass is 335 g/mol. The average Bonchev–Trinajstić information content (AvgIpc) is 2.26. The van der Waals surface area contributed by atoms with Crippen LogP contribution in [0.25, 0.3) is 0 Å². The third-order valence-electron chi connectivity index (χ3n) is 2.74. The first kappa shape index (κ1) is 16.2. The Balaban J connectivity index is 2.24. The molecule has 0 spiro atoms. The maximum absolute atomic E-state index is 11.4. The zero-order valence-corrected chi connectivity index (χ0v) is 12.5. The zero-order chi connectivity index (χ0) is 13.8. The molecule has 1 amide bonds. The van der Waals surface area contributed by atoms with Crippen LogP contribution in [-0.2, 0) is 9.53 Å². The van der Waals surface area contributed by atoms with Crippen LogP contribution in [0.5, 0.6) is 0 Å². The number of alkyl carbamates (subject to hydrolysis) is 1. The fraction of sp³-hybridized carbons (Fsp3) is 0.800. The van der Waals surface area contributed by atoms with Gasteiger partial charge in [-0.05, 0) is 37.3 Å². The summed E-state index contributed by atoms with van der Waals surface area (Å²) < 4.78 is 3.13. The van der Waals surface area contributed by atoms with Crippen molar-refractivity contribution < 1.29 is 14.3 Å². The molecule has 0 bridgehead atoms. The van der Waals surface area contributed by atoms with Crippen LogP contribution >= 0.6 is 46.4 Å². The molecule has 1 aliphatic rings. The van der Waals surface area contributed by atoms with E-state index in [1.807, 2.05) is 0 Å². The van der Waals surface area contributed by atoms with Crippen molar-refractivity contribution in [2.75, 3.05) is 6.61 Å². The lowest BCUT2D eigenvalue weighted by Gasteiger charge is -2.26. The van der Waals surface area contributed by atoms with Crippen LogP contribution in [0.2, 0.25) is 0 Å². The number of halogens is 4. The molecule has 0 saturated heterocycles. The summed E-state index contributed by atoms with van der Waals surface area (Å²) in [4.78, 5) is 22.3.